The number of hydrogen-bond donors (Lipinski definition) is 0. The van der Waals surface area contributed by atoms with Crippen LogP contribution in [0, 0.1) is 6.92 Å². The Morgan fingerprint density at radius 2 is 2.00 bits per heavy atom. The van der Waals surface area contributed by atoms with Gasteiger partial charge in [-0.3, -0.25) is 9.69 Å². The van der Waals surface area contributed by atoms with Crippen LogP contribution in [0.4, 0.5) is 0 Å². The Labute approximate surface area is 180 Å². The summed E-state index contributed by atoms with van der Waals surface area (Å²) >= 11 is 1.72. The molecule has 30 heavy (non-hydrogen) atoms. The third-order valence-electron chi connectivity index (χ3n) is 5.34. The Morgan fingerprint density at radius 3 is 2.70 bits per heavy atom. The van der Waals surface area contributed by atoms with Crippen LogP contribution in [0.3, 0.4) is 0 Å². The standard InChI is InChI=1S/C22H27N5O2S/c1-4-21-23-17(15-30-21)14-25-9-11-26(12-10-25)22(28)18-7-8-27(24-18)19-13-16(2)5-6-20(19)29-3/h5-8,13,15H,4,9-12,14H2,1-3H3. The molecule has 7 nitrogen and oxygen atoms in total. The first-order valence-electron chi connectivity index (χ1n) is 10.2. The first-order valence-corrected chi connectivity index (χ1v) is 11.1. The number of benzene rings is 1. The molecule has 3 aromatic rings. The van der Waals surface area contributed by atoms with Gasteiger partial charge in [-0.05, 0) is 37.1 Å². The number of hydrogen-bond acceptors (Lipinski definition) is 6. The normalized spacial score (nSPS) is 14.8. The minimum absolute atomic E-state index is 0.0260. The molecule has 1 fully saturated rings. The van der Waals surface area contributed by atoms with Gasteiger partial charge in [-0.1, -0.05) is 13.0 Å². The van der Waals surface area contributed by atoms with Gasteiger partial charge in [0.05, 0.1) is 17.8 Å². The summed E-state index contributed by atoms with van der Waals surface area (Å²) < 4.78 is 7.16. The zero-order valence-corrected chi connectivity index (χ0v) is 18.5. The van der Waals surface area contributed by atoms with Gasteiger partial charge in [0.1, 0.15) is 11.4 Å². The van der Waals surface area contributed by atoms with Crippen molar-refractivity contribution in [1.29, 1.82) is 0 Å². The molecular formula is C22H27N5O2S. The number of methoxy groups -OCH3 is 1. The number of thiazole rings is 1. The van der Waals surface area contributed by atoms with Crippen molar-refractivity contribution >= 4 is 17.2 Å². The predicted octanol–water partition coefficient (Wildman–Crippen LogP) is 3.17. The molecule has 3 heterocycles. The molecule has 0 atom stereocenters. The van der Waals surface area contributed by atoms with E-state index in [2.05, 4.69) is 27.3 Å². The van der Waals surface area contributed by atoms with Crippen LogP contribution in [0.1, 0.15) is 33.7 Å². The summed E-state index contributed by atoms with van der Waals surface area (Å²) in [7, 11) is 1.64. The van der Waals surface area contributed by atoms with Crippen LogP contribution < -0.4 is 4.74 Å². The highest BCUT2D eigenvalue weighted by atomic mass is 32.1. The largest absolute Gasteiger partial charge is 0.494 e. The molecular weight excluding hydrogens is 398 g/mol. The zero-order valence-electron chi connectivity index (χ0n) is 17.7. The van der Waals surface area contributed by atoms with Crippen LogP contribution in [0.25, 0.3) is 5.69 Å². The molecule has 1 aliphatic heterocycles. The lowest BCUT2D eigenvalue weighted by Crippen LogP contribution is -2.48. The van der Waals surface area contributed by atoms with E-state index in [1.165, 1.54) is 5.01 Å². The van der Waals surface area contributed by atoms with Gasteiger partial charge in [0.15, 0.2) is 5.69 Å². The van der Waals surface area contributed by atoms with E-state index < -0.39 is 0 Å². The molecule has 8 heteroatoms. The summed E-state index contributed by atoms with van der Waals surface area (Å²) in [6.45, 7) is 8.08. The predicted molar refractivity (Wildman–Crippen MR) is 118 cm³/mol. The highest BCUT2D eigenvalue weighted by Crippen LogP contribution is 2.24. The summed E-state index contributed by atoms with van der Waals surface area (Å²) in [5.74, 6) is 0.700. The topological polar surface area (TPSA) is 63.5 Å². The molecule has 0 aliphatic carbocycles. The van der Waals surface area contributed by atoms with E-state index in [4.69, 9.17) is 4.74 Å². The zero-order chi connectivity index (χ0) is 21.1. The smallest absolute Gasteiger partial charge is 0.274 e. The van der Waals surface area contributed by atoms with E-state index in [9.17, 15) is 4.79 Å². The molecule has 0 unspecified atom stereocenters. The Balaban J connectivity index is 1.39. The van der Waals surface area contributed by atoms with E-state index in [0.717, 1.165) is 48.7 Å². The van der Waals surface area contributed by atoms with E-state index in [0.29, 0.717) is 18.8 Å². The van der Waals surface area contributed by atoms with Crippen LogP contribution in [0.15, 0.2) is 35.8 Å². The Kier molecular flexibility index (Phi) is 6.15. The van der Waals surface area contributed by atoms with Crippen LogP contribution in [0.2, 0.25) is 0 Å². The second-order valence-corrected chi connectivity index (χ2v) is 8.42. The molecule has 0 saturated carbocycles. The molecule has 1 aliphatic rings. The van der Waals surface area contributed by atoms with Gasteiger partial charge in [0.25, 0.3) is 5.91 Å². The maximum atomic E-state index is 13.0. The minimum atomic E-state index is -0.0260. The lowest BCUT2D eigenvalue weighted by molar-refractivity contribution is 0.0621. The highest BCUT2D eigenvalue weighted by Gasteiger charge is 2.24. The highest BCUT2D eigenvalue weighted by molar-refractivity contribution is 7.09. The Morgan fingerprint density at radius 1 is 1.20 bits per heavy atom. The third kappa shape index (κ3) is 4.39. The lowest BCUT2D eigenvalue weighted by atomic mass is 10.2. The summed E-state index contributed by atoms with van der Waals surface area (Å²) in [5, 5.41) is 7.85. The SMILES string of the molecule is CCc1nc(CN2CCN(C(=O)c3ccn(-c4cc(C)ccc4OC)n3)CC2)cs1. The molecule has 2 aromatic heterocycles. The van der Waals surface area contributed by atoms with Gasteiger partial charge >= 0.3 is 0 Å². The maximum Gasteiger partial charge on any atom is 0.274 e. The van der Waals surface area contributed by atoms with Gasteiger partial charge in [-0.15, -0.1) is 11.3 Å². The molecule has 0 spiro atoms. The second kappa shape index (κ2) is 8.97. The fourth-order valence-electron chi connectivity index (χ4n) is 3.64. The number of nitrogens with zero attached hydrogens (tertiary/aromatic N) is 5. The number of carbonyl (C=O) groups excluding carboxylic acids is 1. The average molecular weight is 426 g/mol. The van der Waals surface area contributed by atoms with E-state index in [1.807, 2.05) is 36.2 Å². The number of aromatic nitrogens is 3. The van der Waals surface area contributed by atoms with Crippen LogP contribution in [0.5, 0.6) is 5.75 Å². The summed E-state index contributed by atoms with van der Waals surface area (Å²) in [6, 6.07) is 7.68. The summed E-state index contributed by atoms with van der Waals surface area (Å²) in [6.07, 6.45) is 2.79. The average Bonchev–Trinajstić information content (AvgIpc) is 3.43. The van der Waals surface area contributed by atoms with E-state index in [-0.39, 0.29) is 5.91 Å². The molecule has 1 saturated heterocycles. The van der Waals surface area contributed by atoms with Crippen molar-refractivity contribution in [2.24, 2.45) is 0 Å². The molecule has 1 amide bonds. The number of piperazine rings is 1. The molecule has 158 valence electrons. The molecule has 4 rings (SSSR count). The molecule has 0 bridgehead atoms. The lowest BCUT2D eigenvalue weighted by Gasteiger charge is -2.34. The van der Waals surface area contributed by atoms with Crippen molar-refractivity contribution < 1.29 is 9.53 Å². The van der Waals surface area contributed by atoms with Gasteiger partial charge in [0, 0.05) is 44.3 Å². The first-order chi connectivity index (χ1) is 14.6. The molecule has 0 N–H and O–H groups in total. The number of amides is 1. The number of rotatable bonds is 6. The van der Waals surface area contributed by atoms with Crippen molar-refractivity contribution in [3.63, 3.8) is 0 Å². The maximum absolute atomic E-state index is 13.0. The summed E-state index contributed by atoms with van der Waals surface area (Å²) in [5.41, 5.74) is 3.52. The van der Waals surface area contributed by atoms with E-state index >= 15 is 0 Å². The van der Waals surface area contributed by atoms with Crippen molar-refractivity contribution in [1.82, 2.24) is 24.6 Å². The van der Waals surface area contributed by atoms with Gasteiger partial charge < -0.3 is 9.64 Å². The van der Waals surface area contributed by atoms with Crippen LogP contribution in [-0.4, -0.2) is 63.8 Å². The number of carbonyl (C=O) groups is 1. The van der Waals surface area contributed by atoms with Crippen molar-refractivity contribution in [2.75, 3.05) is 33.3 Å². The summed E-state index contributed by atoms with van der Waals surface area (Å²) in [4.78, 5) is 21.9. The number of aryl methyl sites for hydroxylation is 2. The van der Waals surface area contributed by atoms with E-state index in [1.54, 1.807) is 29.2 Å². The first kappa shape index (κ1) is 20.6. The van der Waals surface area contributed by atoms with Gasteiger partial charge in [-0.2, -0.15) is 5.10 Å². The quantitative estimate of drug-likeness (QED) is 0.607. The van der Waals surface area contributed by atoms with Crippen LogP contribution >= 0.6 is 11.3 Å². The number of ether oxygens (including phenoxy) is 1. The van der Waals surface area contributed by atoms with Crippen LogP contribution in [-0.2, 0) is 13.0 Å². The Bertz CT molecular complexity index is 1020. The van der Waals surface area contributed by atoms with Gasteiger partial charge in [0.2, 0.25) is 0 Å². The van der Waals surface area contributed by atoms with Gasteiger partial charge in [-0.25, -0.2) is 9.67 Å². The fourth-order valence-corrected chi connectivity index (χ4v) is 4.37. The Hall–Kier alpha value is -2.71. The fraction of sp³-hybridized carbons (Fsp3) is 0.409. The monoisotopic (exact) mass is 425 g/mol. The van der Waals surface area contributed by atoms with Crippen molar-refractivity contribution in [3.05, 3.63) is 57.8 Å². The minimum Gasteiger partial charge on any atom is -0.494 e. The van der Waals surface area contributed by atoms with Crippen molar-refractivity contribution in [3.8, 4) is 11.4 Å². The molecule has 0 radical (unpaired) electrons. The second-order valence-electron chi connectivity index (χ2n) is 7.48. The third-order valence-corrected chi connectivity index (χ3v) is 6.38. The van der Waals surface area contributed by atoms with Crippen molar-refractivity contribution in [2.45, 2.75) is 26.8 Å². The molecule has 1 aromatic carbocycles.